The van der Waals surface area contributed by atoms with Crippen molar-refractivity contribution >= 4 is 30.7 Å². The fourth-order valence-corrected chi connectivity index (χ4v) is 1.73. The Hall–Kier alpha value is -0.0300. The Kier molecular flexibility index (Phi) is 12.4. The predicted molar refractivity (Wildman–Crippen MR) is 87.2 cm³/mol. The van der Waals surface area contributed by atoms with Crippen LogP contribution in [0, 0.1) is 11.3 Å². The van der Waals surface area contributed by atoms with E-state index in [9.17, 15) is 4.79 Å². The van der Waals surface area contributed by atoms with Gasteiger partial charge in [-0.05, 0) is 33.4 Å². The summed E-state index contributed by atoms with van der Waals surface area (Å²) in [6.07, 6.45) is 0. The van der Waals surface area contributed by atoms with Crippen LogP contribution >= 0.6 is 24.8 Å². The van der Waals surface area contributed by atoms with E-state index in [2.05, 4.69) is 31.0 Å². The number of nitrogens with two attached hydrogens (primary N) is 1. The predicted octanol–water partition coefficient (Wildman–Crippen LogP) is 1.91. The second-order valence-electron chi connectivity index (χ2n) is 6.10. The van der Waals surface area contributed by atoms with Gasteiger partial charge in [-0.15, -0.1) is 24.8 Å². The van der Waals surface area contributed by atoms with Gasteiger partial charge < -0.3 is 16.0 Å². The maximum absolute atomic E-state index is 11.9. The highest BCUT2D eigenvalue weighted by molar-refractivity contribution is 5.85. The first-order valence-corrected chi connectivity index (χ1v) is 6.28. The summed E-state index contributed by atoms with van der Waals surface area (Å²) in [6.45, 7) is 11.0. The molecule has 3 unspecified atom stereocenters. The fraction of sp³-hybridized carbons (Fsp3) is 0.923. The minimum absolute atomic E-state index is 0. The summed E-state index contributed by atoms with van der Waals surface area (Å²) in [4.78, 5) is 14.1. The Morgan fingerprint density at radius 3 is 1.95 bits per heavy atom. The van der Waals surface area contributed by atoms with Gasteiger partial charge in [-0.2, -0.15) is 0 Å². The van der Waals surface area contributed by atoms with E-state index in [0.717, 1.165) is 6.54 Å². The van der Waals surface area contributed by atoms with Crippen LogP contribution in [0.25, 0.3) is 0 Å². The zero-order valence-electron chi connectivity index (χ0n) is 13.2. The lowest BCUT2D eigenvalue weighted by Gasteiger charge is -2.35. The highest BCUT2D eigenvalue weighted by Crippen LogP contribution is 2.21. The van der Waals surface area contributed by atoms with E-state index in [0.29, 0.717) is 0 Å². The molecule has 1 amide bonds. The number of hydrogen-bond acceptors (Lipinski definition) is 3. The maximum Gasteiger partial charge on any atom is 0.224 e. The van der Waals surface area contributed by atoms with Crippen LogP contribution in [0.15, 0.2) is 0 Å². The van der Waals surface area contributed by atoms with Crippen molar-refractivity contribution in [3.8, 4) is 0 Å². The summed E-state index contributed by atoms with van der Waals surface area (Å²) in [5.41, 5.74) is 5.77. The highest BCUT2D eigenvalue weighted by atomic mass is 35.5. The molecule has 0 saturated carbocycles. The fourth-order valence-electron chi connectivity index (χ4n) is 1.73. The first kappa shape index (κ1) is 24.0. The van der Waals surface area contributed by atoms with Crippen molar-refractivity contribution in [1.82, 2.24) is 10.2 Å². The molecule has 0 aromatic rings. The largest absolute Gasteiger partial charge is 0.353 e. The van der Waals surface area contributed by atoms with Crippen molar-refractivity contribution in [2.24, 2.45) is 17.1 Å². The summed E-state index contributed by atoms with van der Waals surface area (Å²) in [6, 6.07) is 0.0118. The van der Waals surface area contributed by atoms with Crippen molar-refractivity contribution in [2.45, 2.75) is 46.7 Å². The maximum atomic E-state index is 11.9. The Bertz CT molecular complexity index is 258. The van der Waals surface area contributed by atoms with Gasteiger partial charge in [0.15, 0.2) is 0 Å². The van der Waals surface area contributed by atoms with Gasteiger partial charge in [0.05, 0.1) is 0 Å². The third-order valence-corrected chi connectivity index (χ3v) is 3.46. The normalized spacial score (nSPS) is 15.8. The molecule has 118 valence electrons. The van der Waals surface area contributed by atoms with E-state index in [1.807, 2.05) is 27.9 Å². The number of rotatable bonds is 6. The van der Waals surface area contributed by atoms with Gasteiger partial charge in [0, 0.05) is 24.5 Å². The summed E-state index contributed by atoms with van der Waals surface area (Å²) in [7, 11) is 4.09. The quantitative estimate of drug-likeness (QED) is 0.787. The summed E-state index contributed by atoms with van der Waals surface area (Å²) in [5, 5.41) is 3.06. The van der Waals surface area contributed by atoms with Crippen LogP contribution in [-0.2, 0) is 4.79 Å². The topological polar surface area (TPSA) is 58.4 Å². The highest BCUT2D eigenvalue weighted by Gasteiger charge is 2.29. The number of carbonyl (C=O) groups excluding carboxylic acids is 1. The molecule has 4 nitrogen and oxygen atoms in total. The minimum Gasteiger partial charge on any atom is -0.353 e. The van der Waals surface area contributed by atoms with Crippen molar-refractivity contribution in [3.05, 3.63) is 0 Å². The van der Waals surface area contributed by atoms with Crippen LogP contribution in [0.1, 0.15) is 34.6 Å². The molecule has 0 heterocycles. The summed E-state index contributed by atoms with van der Waals surface area (Å²) < 4.78 is 0. The number of nitrogens with one attached hydrogen (secondary N) is 1. The smallest absolute Gasteiger partial charge is 0.224 e. The lowest BCUT2D eigenvalue weighted by Crippen LogP contribution is -2.50. The molecule has 0 aliphatic heterocycles. The van der Waals surface area contributed by atoms with Gasteiger partial charge in [-0.25, -0.2) is 0 Å². The van der Waals surface area contributed by atoms with E-state index in [1.165, 1.54) is 0 Å². The molecule has 0 saturated heterocycles. The Balaban J connectivity index is -0.00000128. The molecule has 0 aromatic carbocycles. The van der Waals surface area contributed by atoms with E-state index in [4.69, 9.17) is 5.73 Å². The van der Waals surface area contributed by atoms with Crippen molar-refractivity contribution in [3.63, 3.8) is 0 Å². The Morgan fingerprint density at radius 1 is 1.21 bits per heavy atom. The standard InChI is InChI=1S/C13H29N3O.2ClH/c1-9(10(2)14)12(17)15-11(3)13(4,5)8-16(6)7;;/h9-11H,8,14H2,1-7H3,(H,15,17);2*1H. The zero-order valence-corrected chi connectivity index (χ0v) is 14.8. The molecule has 0 rings (SSSR count). The van der Waals surface area contributed by atoms with Crippen LogP contribution in [0.3, 0.4) is 0 Å². The van der Waals surface area contributed by atoms with E-state index in [-0.39, 0.29) is 54.1 Å². The second-order valence-corrected chi connectivity index (χ2v) is 6.10. The van der Waals surface area contributed by atoms with Crippen molar-refractivity contribution < 1.29 is 4.79 Å². The molecule has 0 aromatic heterocycles. The number of carbonyl (C=O) groups is 1. The number of amides is 1. The molecule has 6 heteroatoms. The summed E-state index contributed by atoms with van der Waals surface area (Å²) >= 11 is 0. The van der Waals surface area contributed by atoms with Crippen LogP contribution < -0.4 is 11.1 Å². The van der Waals surface area contributed by atoms with Gasteiger partial charge in [0.2, 0.25) is 5.91 Å². The average Bonchev–Trinajstić information content (AvgIpc) is 2.13. The molecular weight excluding hydrogens is 285 g/mol. The molecular formula is C13H31Cl2N3O. The summed E-state index contributed by atoms with van der Waals surface area (Å²) in [5.74, 6) is -0.105. The lowest BCUT2D eigenvalue weighted by atomic mass is 9.84. The molecule has 0 aliphatic carbocycles. The van der Waals surface area contributed by atoms with Gasteiger partial charge in [0.1, 0.15) is 0 Å². The van der Waals surface area contributed by atoms with Gasteiger partial charge >= 0.3 is 0 Å². The van der Waals surface area contributed by atoms with Gasteiger partial charge in [-0.3, -0.25) is 4.79 Å². The lowest BCUT2D eigenvalue weighted by molar-refractivity contribution is -0.126. The first-order valence-electron chi connectivity index (χ1n) is 6.28. The zero-order chi connectivity index (χ0) is 13.8. The van der Waals surface area contributed by atoms with Crippen LogP contribution in [0.5, 0.6) is 0 Å². The molecule has 19 heavy (non-hydrogen) atoms. The van der Waals surface area contributed by atoms with Crippen LogP contribution in [0.4, 0.5) is 0 Å². The molecule has 0 bridgehead atoms. The first-order chi connectivity index (χ1) is 7.58. The van der Waals surface area contributed by atoms with Crippen LogP contribution in [0.2, 0.25) is 0 Å². The SMILES string of the molecule is CC(N)C(C)C(=O)NC(C)C(C)(C)CN(C)C.Cl.Cl. The number of halogens is 2. The molecule has 0 radical (unpaired) electrons. The van der Waals surface area contributed by atoms with Gasteiger partial charge in [0.25, 0.3) is 0 Å². The number of nitrogens with zero attached hydrogens (tertiary/aromatic N) is 1. The Labute approximate surface area is 130 Å². The monoisotopic (exact) mass is 315 g/mol. The molecule has 0 spiro atoms. The van der Waals surface area contributed by atoms with Crippen molar-refractivity contribution in [1.29, 1.82) is 0 Å². The van der Waals surface area contributed by atoms with Crippen LogP contribution in [-0.4, -0.2) is 43.5 Å². The van der Waals surface area contributed by atoms with E-state index >= 15 is 0 Å². The number of hydrogen-bond donors (Lipinski definition) is 2. The van der Waals surface area contributed by atoms with Gasteiger partial charge in [-0.1, -0.05) is 20.8 Å². The molecule has 0 aliphatic rings. The third-order valence-electron chi connectivity index (χ3n) is 3.46. The van der Waals surface area contributed by atoms with Crippen molar-refractivity contribution in [2.75, 3.05) is 20.6 Å². The minimum atomic E-state index is -0.146. The third kappa shape index (κ3) is 8.69. The molecule has 0 fully saturated rings. The van der Waals surface area contributed by atoms with E-state index in [1.54, 1.807) is 0 Å². The van der Waals surface area contributed by atoms with E-state index < -0.39 is 0 Å². The second kappa shape index (κ2) is 9.81. The molecule has 3 N–H and O–H groups in total. The Morgan fingerprint density at radius 2 is 1.63 bits per heavy atom. The molecule has 3 atom stereocenters. The average molecular weight is 316 g/mol.